The molecule has 0 saturated heterocycles. The number of hydrogen-bond acceptors (Lipinski definition) is 6. The van der Waals surface area contributed by atoms with E-state index in [0.29, 0.717) is 17.1 Å². The van der Waals surface area contributed by atoms with Crippen LogP contribution in [-0.2, 0) is 4.79 Å². The third-order valence-electron chi connectivity index (χ3n) is 4.21. The molecule has 0 aromatic heterocycles. The number of Topliss-reactive ketones (excluding diaryl/α,β-unsaturated/α-hetero) is 1. The zero-order valence-corrected chi connectivity index (χ0v) is 15.2. The number of methoxy groups -OCH3 is 2. The lowest BCUT2D eigenvalue weighted by Gasteiger charge is -2.35. The van der Waals surface area contributed by atoms with E-state index in [1.165, 1.54) is 0 Å². The molecule has 5 nitrogen and oxygen atoms in total. The Morgan fingerprint density at radius 3 is 2.54 bits per heavy atom. The lowest BCUT2D eigenvalue weighted by atomic mass is 9.91. The van der Waals surface area contributed by atoms with E-state index in [9.17, 15) is 4.79 Å². The first-order valence-electron chi connectivity index (χ1n) is 7.63. The van der Waals surface area contributed by atoms with Crippen LogP contribution in [-0.4, -0.2) is 30.1 Å². The molecule has 0 radical (unpaired) electrons. The van der Waals surface area contributed by atoms with Crippen LogP contribution in [0.3, 0.4) is 0 Å². The fraction of sp³-hybridized carbons (Fsp3) is 0.333. The predicted octanol–water partition coefficient (Wildman–Crippen LogP) is 3.89. The molecule has 2 aliphatic heterocycles. The molecule has 0 fully saturated rings. The Hall–Kier alpha value is -2.21. The lowest BCUT2D eigenvalue weighted by Crippen LogP contribution is -2.35. The topological polar surface area (TPSA) is 51.1 Å². The molecule has 1 aromatic rings. The Kier molecular flexibility index (Phi) is 4.41. The number of thioether (sulfide) groups is 1. The van der Waals surface area contributed by atoms with Crippen LogP contribution in [0.4, 0.5) is 0 Å². The number of ketones is 1. The molecule has 0 saturated carbocycles. The average molecular weight is 344 g/mol. The number of benzene rings is 1. The highest BCUT2D eigenvalue weighted by Gasteiger charge is 2.37. The van der Waals surface area contributed by atoms with Gasteiger partial charge >= 0.3 is 0 Å². The van der Waals surface area contributed by atoms with Crippen molar-refractivity contribution in [1.29, 1.82) is 0 Å². The summed E-state index contributed by atoms with van der Waals surface area (Å²) < 4.78 is 10.8. The van der Waals surface area contributed by atoms with E-state index in [1.807, 2.05) is 32.0 Å². The van der Waals surface area contributed by atoms with Crippen molar-refractivity contribution >= 4 is 22.7 Å². The summed E-state index contributed by atoms with van der Waals surface area (Å²) in [6.07, 6.45) is 0. The molecule has 0 amide bonds. The van der Waals surface area contributed by atoms with Crippen molar-refractivity contribution in [3.63, 3.8) is 0 Å². The zero-order valence-electron chi connectivity index (χ0n) is 14.4. The average Bonchev–Trinajstić information content (AvgIpc) is 2.93. The molecule has 3 rings (SSSR count). The van der Waals surface area contributed by atoms with Crippen molar-refractivity contribution < 1.29 is 14.3 Å². The van der Waals surface area contributed by atoms with Crippen molar-refractivity contribution in [2.24, 2.45) is 4.99 Å². The van der Waals surface area contributed by atoms with Crippen LogP contribution in [0.5, 0.6) is 11.5 Å². The molecule has 0 N–H and O–H groups in total. The molecule has 126 valence electrons. The van der Waals surface area contributed by atoms with Gasteiger partial charge in [0.25, 0.3) is 0 Å². The molecule has 1 unspecified atom stereocenters. The van der Waals surface area contributed by atoms with Gasteiger partial charge in [-0.25, -0.2) is 4.99 Å². The number of aliphatic imine (C=N–C) groups is 1. The second-order valence-corrected chi connectivity index (χ2v) is 6.55. The van der Waals surface area contributed by atoms with Gasteiger partial charge in [-0.3, -0.25) is 4.79 Å². The molecule has 6 heteroatoms. The van der Waals surface area contributed by atoms with Crippen molar-refractivity contribution in [3.05, 3.63) is 46.1 Å². The summed E-state index contributed by atoms with van der Waals surface area (Å²) in [7, 11) is 3.22. The van der Waals surface area contributed by atoms with E-state index in [4.69, 9.17) is 9.47 Å². The third kappa shape index (κ3) is 2.60. The van der Waals surface area contributed by atoms with Crippen LogP contribution in [0, 0.1) is 0 Å². The summed E-state index contributed by atoms with van der Waals surface area (Å²) in [5.74, 6) is 1.34. The highest BCUT2D eigenvalue weighted by molar-refractivity contribution is 8.16. The summed E-state index contributed by atoms with van der Waals surface area (Å²) in [6, 6.07) is 5.57. The SMILES string of the molecule is COc1ccc(C2C(C(C)=O)=C(C)N=C3SC=C(C)N32)cc1OC. The van der Waals surface area contributed by atoms with E-state index < -0.39 is 0 Å². The maximum absolute atomic E-state index is 12.3. The highest BCUT2D eigenvalue weighted by Crippen LogP contribution is 2.45. The Morgan fingerprint density at radius 2 is 1.92 bits per heavy atom. The van der Waals surface area contributed by atoms with Crippen LogP contribution < -0.4 is 9.47 Å². The van der Waals surface area contributed by atoms with Gasteiger partial charge < -0.3 is 14.4 Å². The smallest absolute Gasteiger partial charge is 0.173 e. The number of carbonyl (C=O) groups excluding carboxylic acids is 1. The molecule has 24 heavy (non-hydrogen) atoms. The van der Waals surface area contributed by atoms with Gasteiger partial charge in [0.1, 0.15) is 0 Å². The molecule has 2 aliphatic rings. The number of rotatable bonds is 4. The van der Waals surface area contributed by atoms with Gasteiger partial charge in [-0.1, -0.05) is 17.8 Å². The van der Waals surface area contributed by atoms with Gasteiger partial charge in [-0.2, -0.15) is 0 Å². The van der Waals surface area contributed by atoms with Gasteiger partial charge in [-0.05, 0) is 43.9 Å². The van der Waals surface area contributed by atoms with E-state index in [-0.39, 0.29) is 11.8 Å². The van der Waals surface area contributed by atoms with Gasteiger partial charge in [-0.15, -0.1) is 0 Å². The summed E-state index contributed by atoms with van der Waals surface area (Å²) in [5, 5.41) is 2.96. The largest absolute Gasteiger partial charge is 0.493 e. The summed E-state index contributed by atoms with van der Waals surface area (Å²) >= 11 is 1.58. The Labute approximate surface area is 146 Å². The number of ether oxygens (including phenoxy) is 2. The quantitative estimate of drug-likeness (QED) is 0.829. The Morgan fingerprint density at radius 1 is 1.21 bits per heavy atom. The van der Waals surface area contributed by atoms with Crippen LogP contribution in [0.2, 0.25) is 0 Å². The minimum atomic E-state index is -0.207. The normalized spacial score (nSPS) is 19.7. The molecular weight excluding hydrogens is 324 g/mol. The van der Waals surface area contributed by atoms with Crippen molar-refractivity contribution in [2.45, 2.75) is 26.8 Å². The van der Waals surface area contributed by atoms with E-state index in [1.54, 1.807) is 32.9 Å². The molecule has 0 bridgehead atoms. The molecular formula is C18H20N2O3S. The number of amidine groups is 1. The third-order valence-corrected chi connectivity index (χ3v) is 5.17. The summed E-state index contributed by atoms with van der Waals surface area (Å²) in [5.41, 5.74) is 3.52. The molecule has 1 atom stereocenters. The fourth-order valence-corrected chi connectivity index (χ4v) is 4.06. The maximum Gasteiger partial charge on any atom is 0.173 e. The highest BCUT2D eigenvalue weighted by atomic mass is 32.2. The van der Waals surface area contributed by atoms with E-state index >= 15 is 0 Å². The molecule has 1 aromatic carbocycles. The van der Waals surface area contributed by atoms with Crippen molar-refractivity contribution in [3.8, 4) is 11.5 Å². The monoisotopic (exact) mass is 344 g/mol. The first kappa shape index (κ1) is 16.6. The van der Waals surface area contributed by atoms with Crippen LogP contribution in [0.15, 0.2) is 45.6 Å². The minimum absolute atomic E-state index is 0.0276. The maximum atomic E-state index is 12.3. The number of nitrogens with zero attached hydrogens (tertiary/aromatic N) is 2. The molecule has 0 spiro atoms. The van der Waals surface area contributed by atoms with Gasteiger partial charge in [0.2, 0.25) is 0 Å². The van der Waals surface area contributed by atoms with E-state index in [0.717, 1.165) is 22.1 Å². The van der Waals surface area contributed by atoms with E-state index in [2.05, 4.69) is 15.3 Å². The van der Waals surface area contributed by atoms with Crippen LogP contribution >= 0.6 is 11.8 Å². The first-order valence-corrected chi connectivity index (χ1v) is 8.51. The van der Waals surface area contributed by atoms with Gasteiger partial charge in [0.15, 0.2) is 22.4 Å². The second kappa shape index (κ2) is 6.36. The summed E-state index contributed by atoms with van der Waals surface area (Å²) in [6.45, 7) is 5.51. The molecule has 2 heterocycles. The van der Waals surface area contributed by atoms with Crippen molar-refractivity contribution in [1.82, 2.24) is 4.90 Å². The number of hydrogen-bond donors (Lipinski definition) is 0. The Balaban J connectivity index is 2.17. The van der Waals surface area contributed by atoms with Crippen molar-refractivity contribution in [2.75, 3.05) is 14.2 Å². The van der Waals surface area contributed by atoms with Gasteiger partial charge in [0, 0.05) is 17.0 Å². The minimum Gasteiger partial charge on any atom is -0.493 e. The standard InChI is InChI=1S/C18H20N2O3S/c1-10-9-24-18-19-11(2)16(12(3)21)17(20(10)18)13-6-7-14(22-4)15(8-13)23-5/h6-9,17H,1-5H3. The Bertz CT molecular complexity index is 795. The van der Waals surface area contributed by atoms with Crippen LogP contribution in [0.25, 0.3) is 0 Å². The second-order valence-electron chi connectivity index (χ2n) is 5.71. The van der Waals surface area contributed by atoms with Gasteiger partial charge in [0.05, 0.1) is 20.3 Å². The van der Waals surface area contributed by atoms with Crippen LogP contribution in [0.1, 0.15) is 32.4 Å². The fourth-order valence-electron chi connectivity index (χ4n) is 3.11. The summed E-state index contributed by atoms with van der Waals surface area (Å²) in [4.78, 5) is 19.0. The first-order chi connectivity index (χ1) is 11.5. The number of allylic oxidation sites excluding steroid dienone is 2. The number of carbonyl (C=O) groups is 1. The zero-order chi connectivity index (χ0) is 17.4. The predicted molar refractivity (Wildman–Crippen MR) is 96.3 cm³/mol. The number of fused-ring (bicyclic) bond motifs is 1. The lowest BCUT2D eigenvalue weighted by molar-refractivity contribution is -0.114. The molecule has 0 aliphatic carbocycles.